The Morgan fingerprint density at radius 3 is 2.43 bits per heavy atom. The summed E-state index contributed by atoms with van der Waals surface area (Å²) in [6.45, 7) is 3.16. The Labute approximate surface area is 219 Å². The largest absolute Gasteiger partial charge is 0.496 e. The molecule has 0 spiro atoms. The van der Waals surface area contributed by atoms with Crippen molar-refractivity contribution in [2.24, 2.45) is 0 Å². The highest BCUT2D eigenvalue weighted by atomic mass is 79.9. The van der Waals surface area contributed by atoms with E-state index in [1.165, 1.54) is 5.56 Å². The minimum atomic E-state index is 0.386. The number of piperidine rings is 1. The van der Waals surface area contributed by atoms with E-state index in [4.69, 9.17) is 14.7 Å². The Bertz CT molecular complexity index is 1280. The fourth-order valence-electron chi connectivity index (χ4n) is 4.45. The maximum atomic E-state index is 5.57. The molecule has 3 aromatic carbocycles. The van der Waals surface area contributed by atoms with E-state index in [9.17, 15) is 0 Å². The number of fused-ring (bicyclic) bond motifs is 1. The van der Waals surface area contributed by atoms with Gasteiger partial charge in [-0.25, -0.2) is 9.97 Å². The molecule has 4 aromatic rings. The summed E-state index contributed by atoms with van der Waals surface area (Å²) in [6, 6.07) is 25.3. The van der Waals surface area contributed by atoms with E-state index < -0.39 is 0 Å². The Morgan fingerprint density at radius 2 is 1.69 bits per heavy atom. The zero-order chi connectivity index (χ0) is 24.0. The van der Waals surface area contributed by atoms with Crippen molar-refractivity contribution in [1.82, 2.24) is 14.9 Å². The molecule has 0 amide bonds. The molecule has 0 saturated carbocycles. The summed E-state index contributed by atoms with van der Waals surface area (Å²) in [7, 11) is 1.71. The van der Waals surface area contributed by atoms with Crippen molar-refractivity contribution >= 4 is 44.5 Å². The van der Waals surface area contributed by atoms with Crippen LogP contribution in [0.25, 0.3) is 11.0 Å². The Balaban J connectivity index is 1.30. The highest BCUT2D eigenvalue weighted by Gasteiger charge is 2.21. The first-order valence-corrected chi connectivity index (χ1v) is 13.7. The summed E-state index contributed by atoms with van der Waals surface area (Å²) in [5.74, 6) is 2.51. The van der Waals surface area contributed by atoms with Gasteiger partial charge in [0.05, 0.1) is 18.1 Å². The Kier molecular flexibility index (Phi) is 7.86. The van der Waals surface area contributed by atoms with Gasteiger partial charge in [-0.1, -0.05) is 70.2 Å². The third-order valence-electron chi connectivity index (χ3n) is 6.32. The minimum absolute atomic E-state index is 0.386. The summed E-state index contributed by atoms with van der Waals surface area (Å²) in [4.78, 5) is 12.5. The molecule has 0 atom stereocenters. The van der Waals surface area contributed by atoms with Gasteiger partial charge in [-0.05, 0) is 48.7 Å². The number of aromatic nitrogens is 2. The third kappa shape index (κ3) is 6.15. The van der Waals surface area contributed by atoms with Gasteiger partial charge in [0.25, 0.3) is 0 Å². The Morgan fingerprint density at radius 1 is 0.971 bits per heavy atom. The molecule has 1 aromatic heterocycles. The molecule has 180 valence electrons. The van der Waals surface area contributed by atoms with E-state index in [-0.39, 0.29) is 0 Å². The second-order valence-electron chi connectivity index (χ2n) is 8.79. The second-order valence-corrected chi connectivity index (χ2v) is 10.7. The molecule has 0 radical (unpaired) electrons. The predicted octanol–water partition coefficient (Wildman–Crippen LogP) is 6.77. The summed E-state index contributed by atoms with van der Waals surface area (Å²) in [5, 5.41) is 4.67. The van der Waals surface area contributed by atoms with Gasteiger partial charge < -0.3 is 10.1 Å². The van der Waals surface area contributed by atoms with Crippen molar-refractivity contribution in [2.75, 3.05) is 25.5 Å². The molecule has 0 bridgehead atoms. The lowest BCUT2D eigenvalue weighted by Crippen LogP contribution is -2.38. The average Bonchev–Trinajstić information content (AvgIpc) is 2.89. The van der Waals surface area contributed by atoms with E-state index in [2.05, 4.69) is 62.5 Å². The van der Waals surface area contributed by atoms with Gasteiger partial charge in [0, 0.05) is 41.5 Å². The van der Waals surface area contributed by atoms with Crippen molar-refractivity contribution < 1.29 is 4.74 Å². The van der Waals surface area contributed by atoms with Crippen molar-refractivity contribution in [1.29, 1.82) is 0 Å². The molecular formula is C28H29BrN4OS. The highest BCUT2D eigenvalue weighted by Crippen LogP contribution is 2.34. The SMILES string of the molecule is COc1ccc(Br)cc1CSc1nc2ccccc2nc1NC1CCN(Cc2ccccc2)CC1. The lowest BCUT2D eigenvalue weighted by molar-refractivity contribution is 0.211. The monoisotopic (exact) mass is 548 g/mol. The van der Waals surface area contributed by atoms with Crippen LogP contribution in [0.2, 0.25) is 0 Å². The molecule has 1 fully saturated rings. The number of nitrogens with zero attached hydrogens (tertiary/aromatic N) is 3. The number of methoxy groups -OCH3 is 1. The molecule has 0 unspecified atom stereocenters. The molecule has 2 heterocycles. The van der Waals surface area contributed by atoms with Crippen LogP contribution in [0, 0.1) is 0 Å². The van der Waals surface area contributed by atoms with E-state index in [1.54, 1.807) is 18.9 Å². The number of benzene rings is 3. The zero-order valence-electron chi connectivity index (χ0n) is 19.8. The normalized spacial score (nSPS) is 14.8. The van der Waals surface area contributed by atoms with Crippen molar-refractivity contribution in [3.63, 3.8) is 0 Å². The van der Waals surface area contributed by atoms with Crippen LogP contribution in [-0.4, -0.2) is 41.1 Å². The maximum absolute atomic E-state index is 5.57. The van der Waals surface area contributed by atoms with E-state index in [1.807, 2.05) is 36.4 Å². The predicted molar refractivity (Wildman–Crippen MR) is 148 cm³/mol. The molecule has 1 aliphatic rings. The van der Waals surface area contributed by atoms with Gasteiger partial charge in [-0.2, -0.15) is 0 Å². The number of thioether (sulfide) groups is 1. The molecule has 0 aliphatic carbocycles. The third-order valence-corrected chi connectivity index (χ3v) is 7.83. The maximum Gasteiger partial charge on any atom is 0.159 e. The van der Waals surface area contributed by atoms with Crippen LogP contribution in [0.3, 0.4) is 0 Å². The average molecular weight is 550 g/mol. The van der Waals surface area contributed by atoms with Crippen LogP contribution in [0.5, 0.6) is 5.75 Å². The first kappa shape index (κ1) is 24.1. The first-order valence-electron chi connectivity index (χ1n) is 11.9. The zero-order valence-corrected chi connectivity index (χ0v) is 22.2. The molecule has 1 aliphatic heterocycles. The molecule has 1 saturated heterocycles. The number of anilines is 1. The number of ether oxygens (including phenoxy) is 1. The van der Waals surface area contributed by atoms with Crippen LogP contribution >= 0.6 is 27.7 Å². The van der Waals surface area contributed by atoms with Gasteiger partial charge in [-0.15, -0.1) is 0 Å². The number of halogens is 1. The summed E-state index contributed by atoms with van der Waals surface area (Å²) >= 11 is 5.28. The van der Waals surface area contributed by atoms with Gasteiger partial charge in [0.15, 0.2) is 5.82 Å². The number of hydrogen-bond donors (Lipinski definition) is 1. The number of nitrogens with one attached hydrogen (secondary N) is 1. The standard InChI is InChI=1S/C28H29BrN4OS/c1-34-26-12-11-22(29)17-21(26)19-35-28-27(31-24-9-5-6-10-25(24)32-28)30-23-13-15-33(16-14-23)18-20-7-3-2-4-8-20/h2-12,17,23H,13-16,18-19H2,1H3,(H,30,31). The topological polar surface area (TPSA) is 50.3 Å². The van der Waals surface area contributed by atoms with Gasteiger partial charge in [-0.3, -0.25) is 4.90 Å². The van der Waals surface area contributed by atoms with E-state index in [0.29, 0.717) is 6.04 Å². The summed E-state index contributed by atoms with van der Waals surface area (Å²) in [5.41, 5.74) is 4.34. The number of hydrogen-bond acceptors (Lipinski definition) is 6. The fraction of sp³-hybridized carbons (Fsp3) is 0.286. The molecule has 5 nitrogen and oxygen atoms in total. The van der Waals surface area contributed by atoms with E-state index >= 15 is 0 Å². The molecule has 35 heavy (non-hydrogen) atoms. The van der Waals surface area contributed by atoms with Crippen LogP contribution < -0.4 is 10.1 Å². The van der Waals surface area contributed by atoms with Gasteiger partial charge >= 0.3 is 0 Å². The van der Waals surface area contributed by atoms with Crippen molar-refractivity contribution in [2.45, 2.75) is 36.2 Å². The van der Waals surface area contributed by atoms with Crippen LogP contribution in [0.4, 0.5) is 5.82 Å². The fourth-order valence-corrected chi connectivity index (χ4v) is 5.79. The molecular weight excluding hydrogens is 520 g/mol. The van der Waals surface area contributed by atoms with Gasteiger partial charge in [0.1, 0.15) is 10.8 Å². The Hall–Kier alpha value is -2.61. The van der Waals surface area contributed by atoms with E-state index in [0.717, 1.165) is 75.9 Å². The molecule has 7 heteroatoms. The van der Waals surface area contributed by atoms with Crippen LogP contribution in [0.1, 0.15) is 24.0 Å². The van der Waals surface area contributed by atoms with Crippen molar-refractivity contribution in [3.8, 4) is 5.75 Å². The molecule has 5 rings (SSSR count). The lowest BCUT2D eigenvalue weighted by Gasteiger charge is -2.32. The van der Waals surface area contributed by atoms with Gasteiger partial charge in [0.2, 0.25) is 0 Å². The highest BCUT2D eigenvalue weighted by molar-refractivity contribution is 9.10. The second kappa shape index (κ2) is 11.4. The lowest BCUT2D eigenvalue weighted by atomic mass is 10.0. The summed E-state index contributed by atoms with van der Waals surface area (Å²) in [6.07, 6.45) is 2.18. The first-order chi connectivity index (χ1) is 17.2. The summed E-state index contributed by atoms with van der Waals surface area (Å²) < 4.78 is 6.61. The smallest absolute Gasteiger partial charge is 0.159 e. The number of rotatable bonds is 8. The van der Waals surface area contributed by atoms with Crippen LogP contribution in [-0.2, 0) is 12.3 Å². The molecule has 1 N–H and O–H groups in total. The van der Waals surface area contributed by atoms with Crippen molar-refractivity contribution in [3.05, 3.63) is 88.4 Å². The van der Waals surface area contributed by atoms with Crippen LogP contribution in [0.15, 0.2) is 82.3 Å². The minimum Gasteiger partial charge on any atom is -0.496 e. The number of likely N-dealkylation sites (tertiary alicyclic amines) is 1. The number of para-hydroxylation sites is 2. The quantitative estimate of drug-likeness (QED) is 0.245.